The molecule has 0 spiro atoms. The van der Waals surface area contributed by atoms with E-state index in [-0.39, 0.29) is 19.1 Å². The fraction of sp³-hybridized carbons (Fsp3) is 0.312. The van der Waals surface area contributed by atoms with Crippen molar-refractivity contribution in [1.82, 2.24) is 16.2 Å². The molecule has 10 nitrogen and oxygen atoms in total. The zero-order valence-corrected chi connectivity index (χ0v) is 24.0. The summed E-state index contributed by atoms with van der Waals surface area (Å²) >= 11 is 0. The second-order valence-corrected chi connectivity index (χ2v) is 10.9. The Balaban J connectivity index is 1.37. The highest BCUT2D eigenvalue weighted by Crippen LogP contribution is 2.44. The van der Waals surface area contributed by atoms with Gasteiger partial charge in [-0.3, -0.25) is 15.0 Å². The van der Waals surface area contributed by atoms with Crippen LogP contribution in [0.25, 0.3) is 11.1 Å². The summed E-state index contributed by atoms with van der Waals surface area (Å²) in [5.74, 6) is -3.26. The molecule has 2 atom stereocenters. The zero-order valence-electron chi connectivity index (χ0n) is 24.0. The molecule has 0 aromatic heterocycles. The Bertz CT molecular complexity index is 1390. The average Bonchev–Trinajstić information content (AvgIpc) is 3.29. The number of fused-ring (bicyclic) bond motifs is 3. The van der Waals surface area contributed by atoms with Crippen LogP contribution in [0.3, 0.4) is 0 Å². The van der Waals surface area contributed by atoms with Crippen molar-refractivity contribution in [3.05, 3.63) is 95.6 Å². The van der Waals surface area contributed by atoms with E-state index in [0.29, 0.717) is 0 Å². The summed E-state index contributed by atoms with van der Waals surface area (Å²) < 4.78 is 16.4. The van der Waals surface area contributed by atoms with Gasteiger partial charge < -0.3 is 19.5 Å². The lowest BCUT2D eigenvalue weighted by molar-refractivity contribution is -0.164. The summed E-state index contributed by atoms with van der Waals surface area (Å²) in [5.41, 5.74) is 8.68. The first-order valence-corrected chi connectivity index (χ1v) is 13.6. The molecule has 10 heteroatoms. The van der Waals surface area contributed by atoms with Crippen LogP contribution in [-0.4, -0.2) is 48.2 Å². The van der Waals surface area contributed by atoms with Crippen LogP contribution in [0, 0.1) is 0 Å². The summed E-state index contributed by atoms with van der Waals surface area (Å²) in [7, 11) is 0. The molecule has 1 unspecified atom stereocenters. The van der Waals surface area contributed by atoms with Gasteiger partial charge in [-0.25, -0.2) is 15.0 Å². The van der Waals surface area contributed by atoms with Gasteiger partial charge in [0, 0.05) is 5.92 Å². The number of hydrogen-bond donors (Lipinski definition) is 3. The number of hydrazine groups is 1. The molecular weight excluding hydrogens is 538 g/mol. The van der Waals surface area contributed by atoms with E-state index < -0.39 is 41.6 Å². The van der Waals surface area contributed by atoms with Crippen LogP contribution in [0.1, 0.15) is 50.3 Å². The highest BCUT2D eigenvalue weighted by atomic mass is 16.6. The SMILES string of the molecule is CC(OCc1ccccc1)[C@@H](NC(=O)C(=O)OC(C)(C)C)C(=O)NNC(=O)OCC1c2ccccc2-c2ccccc21. The fourth-order valence-electron chi connectivity index (χ4n) is 4.64. The lowest BCUT2D eigenvalue weighted by Crippen LogP contribution is -2.58. The molecule has 3 amide bonds. The topological polar surface area (TPSA) is 132 Å². The van der Waals surface area contributed by atoms with Gasteiger partial charge in [-0.05, 0) is 55.5 Å². The Morgan fingerprint density at radius 1 is 0.810 bits per heavy atom. The number of carbonyl (C=O) groups excluding carboxylic acids is 4. The van der Waals surface area contributed by atoms with Gasteiger partial charge in [0.25, 0.3) is 5.91 Å². The van der Waals surface area contributed by atoms with E-state index >= 15 is 0 Å². The zero-order chi connectivity index (χ0) is 30.3. The van der Waals surface area contributed by atoms with Crippen LogP contribution in [0.2, 0.25) is 0 Å². The Hall–Kier alpha value is -4.70. The van der Waals surface area contributed by atoms with E-state index in [1.807, 2.05) is 78.9 Å². The summed E-state index contributed by atoms with van der Waals surface area (Å²) in [6, 6.07) is 23.7. The molecule has 220 valence electrons. The molecule has 1 aliphatic rings. The van der Waals surface area contributed by atoms with E-state index in [0.717, 1.165) is 27.8 Å². The van der Waals surface area contributed by atoms with Gasteiger partial charge in [0.1, 0.15) is 18.2 Å². The second-order valence-electron chi connectivity index (χ2n) is 10.9. The largest absolute Gasteiger partial charge is 0.453 e. The molecule has 0 fully saturated rings. The van der Waals surface area contributed by atoms with Gasteiger partial charge >= 0.3 is 18.0 Å². The number of nitrogens with one attached hydrogen (secondary N) is 3. The van der Waals surface area contributed by atoms with Crippen molar-refractivity contribution in [1.29, 1.82) is 0 Å². The van der Waals surface area contributed by atoms with E-state index in [1.165, 1.54) is 0 Å². The molecule has 4 rings (SSSR count). The van der Waals surface area contributed by atoms with Crippen molar-refractivity contribution >= 4 is 23.9 Å². The first-order chi connectivity index (χ1) is 20.0. The third-order valence-corrected chi connectivity index (χ3v) is 6.61. The minimum atomic E-state index is -1.34. The molecule has 3 aromatic carbocycles. The molecule has 1 aliphatic carbocycles. The molecule has 3 N–H and O–H groups in total. The van der Waals surface area contributed by atoms with Gasteiger partial charge in [-0.15, -0.1) is 0 Å². The molecular formula is C32H35N3O7. The van der Waals surface area contributed by atoms with E-state index in [1.54, 1.807) is 27.7 Å². The maximum Gasteiger partial charge on any atom is 0.426 e. The molecule has 0 heterocycles. The molecule has 42 heavy (non-hydrogen) atoms. The smallest absolute Gasteiger partial charge is 0.426 e. The van der Waals surface area contributed by atoms with E-state index in [2.05, 4.69) is 16.2 Å². The molecule has 0 aliphatic heterocycles. The first kappa shape index (κ1) is 30.3. The lowest BCUT2D eigenvalue weighted by Gasteiger charge is -2.25. The molecule has 3 aromatic rings. The third kappa shape index (κ3) is 7.73. The van der Waals surface area contributed by atoms with E-state index in [4.69, 9.17) is 14.2 Å². The van der Waals surface area contributed by atoms with Gasteiger partial charge in [-0.2, -0.15) is 0 Å². The van der Waals surface area contributed by atoms with Crippen LogP contribution < -0.4 is 16.2 Å². The number of carbonyl (C=O) groups is 4. The van der Waals surface area contributed by atoms with Gasteiger partial charge in [-0.1, -0.05) is 78.9 Å². The number of amides is 3. The quantitative estimate of drug-likeness (QED) is 0.211. The number of rotatable bonds is 8. The maximum atomic E-state index is 13.1. The van der Waals surface area contributed by atoms with E-state index in [9.17, 15) is 19.2 Å². The Labute approximate surface area is 244 Å². The molecule has 0 saturated carbocycles. The van der Waals surface area contributed by atoms with Gasteiger partial charge in [0.15, 0.2) is 0 Å². The van der Waals surface area contributed by atoms with Crippen LogP contribution >= 0.6 is 0 Å². The number of esters is 1. The Morgan fingerprint density at radius 2 is 1.38 bits per heavy atom. The Kier molecular flexibility index (Phi) is 9.59. The fourth-order valence-corrected chi connectivity index (χ4v) is 4.64. The number of ether oxygens (including phenoxy) is 3. The van der Waals surface area contributed by atoms with Crippen molar-refractivity contribution in [3.63, 3.8) is 0 Å². The number of hydrogen-bond acceptors (Lipinski definition) is 7. The average molecular weight is 574 g/mol. The van der Waals surface area contributed by atoms with Gasteiger partial charge in [0.2, 0.25) is 0 Å². The summed E-state index contributed by atoms with van der Waals surface area (Å²) in [6.07, 6.45) is -1.78. The van der Waals surface area contributed by atoms with Crippen LogP contribution in [-0.2, 0) is 35.2 Å². The first-order valence-electron chi connectivity index (χ1n) is 13.6. The summed E-state index contributed by atoms with van der Waals surface area (Å²) in [6.45, 7) is 6.61. The minimum Gasteiger partial charge on any atom is -0.453 e. The second kappa shape index (κ2) is 13.3. The summed E-state index contributed by atoms with van der Waals surface area (Å²) in [4.78, 5) is 50.5. The molecule has 0 bridgehead atoms. The van der Waals surface area contributed by atoms with Crippen LogP contribution in [0.15, 0.2) is 78.9 Å². The highest BCUT2D eigenvalue weighted by molar-refractivity contribution is 6.33. The van der Waals surface area contributed by atoms with Crippen LogP contribution in [0.4, 0.5) is 4.79 Å². The maximum absolute atomic E-state index is 13.1. The predicted molar refractivity (Wildman–Crippen MR) is 155 cm³/mol. The normalized spacial score (nSPS) is 13.6. The third-order valence-electron chi connectivity index (χ3n) is 6.61. The predicted octanol–water partition coefficient (Wildman–Crippen LogP) is 3.99. The van der Waals surface area contributed by atoms with Crippen molar-refractivity contribution < 1.29 is 33.4 Å². The van der Waals surface area contributed by atoms with Gasteiger partial charge in [0.05, 0.1) is 12.7 Å². The van der Waals surface area contributed by atoms with Crippen molar-refractivity contribution in [2.45, 2.75) is 58.0 Å². The van der Waals surface area contributed by atoms with Crippen molar-refractivity contribution in [2.24, 2.45) is 0 Å². The monoisotopic (exact) mass is 573 g/mol. The standard InChI is InChI=1S/C32H35N3O7/c1-20(40-18-21-12-6-5-7-13-21)27(33-29(37)30(38)42-32(2,3)4)28(36)34-35-31(39)41-19-26-24-16-10-8-14-22(24)23-15-9-11-17-25(23)26/h5-17,20,26-27H,18-19H2,1-4H3,(H,33,37)(H,34,36)(H,35,39)/t20?,27-/m1/s1. The Morgan fingerprint density at radius 3 is 1.98 bits per heavy atom. The summed E-state index contributed by atoms with van der Waals surface area (Å²) in [5, 5.41) is 2.36. The van der Waals surface area contributed by atoms with Crippen LogP contribution in [0.5, 0.6) is 0 Å². The lowest BCUT2D eigenvalue weighted by atomic mass is 9.98. The number of benzene rings is 3. The van der Waals surface area contributed by atoms with Crippen molar-refractivity contribution in [2.75, 3.05) is 6.61 Å². The molecule has 0 saturated heterocycles. The molecule has 0 radical (unpaired) electrons. The van der Waals surface area contributed by atoms with Crippen molar-refractivity contribution in [3.8, 4) is 11.1 Å². The minimum absolute atomic E-state index is 0.0468. The highest BCUT2D eigenvalue weighted by Gasteiger charge is 2.33.